The molecule has 0 saturated carbocycles. The lowest BCUT2D eigenvalue weighted by Crippen LogP contribution is -2.12. The summed E-state index contributed by atoms with van der Waals surface area (Å²) < 4.78 is 0.896. The predicted octanol–water partition coefficient (Wildman–Crippen LogP) is 4.27. The molecule has 0 atom stereocenters. The highest BCUT2D eigenvalue weighted by Crippen LogP contribution is 2.36. The van der Waals surface area contributed by atoms with Crippen LogP contribution in [0, 0.1) is 0 Å². The van der Waals surface area contributed by atoms with Gasteiger partial charge in [-0.1, -0.05) is 29.3 Å². The van der Waals surface area contributed by atoms with E-state index in [1.165, 1.54) is 11.3 Å². The Morgan fingerprint density at radius 2 is 2.10 bits per heavy atom. The number of nitrogens with one attached hydrogen (secondary N) is 2. The molecule has 100 valence electrons. The summed E-state index contributed by atoms with van der Waals surface area (Å²) in [5.41, 5.74) is 0.684. The number of halogens is 2. The minimum atomic E-state index is -0.230. The summed E-state index contributed by atoms with van der Waals surface area (Å²) in [4.78, 5) is 15.6. The molecular formula is C14H9Cl2N2OS+. The molecule has 0 saturated heterocycles. The fraction of sp³-hybridized carbons (Fsp3) is 0. The maximum atomic E-state index is 12.3. The van der Waals surface area contributed by atoms with Gasteiger partial charge in [-0.25, -0.2) is 4.98 Å². The number of aromatic amines is 1. The number of carbonyl (C=O) groups is 1. The van der Waals surface area contributed by atoms with Crippen molar-refractivity contribution in [3.8, 4) is 0 Å². The van der Waals surface area contributed by atoms with Crippen molar-refractivity contribution in [3.63, 3.8) is 0 Å². The third-order valence-corrected chi connectivity index (χ3v) is 4.65. The van der Waals surface area contributed by atoms with E-state index in [-0.39, 0.29) is 5.91 Å². The van der Waals surface area contributed by atoms with Gasteiger partial charge in [0.2, 0.25) is 0 Å². The number of anilines is 1. The number of hydrogen-bond donors (Lipinski definition) is 1. The first-order valence-corrected chi connectivity index (χ1v) is 7.37. The molecule has 0 aliphatic heterocycles. The van der Waals surface area contributed by atoms with Gasteiger partial charge in [0.15, 0.2) is 12.4 Å². The summed E-state index contributed by atoms with van der Waals surface area (Å²) in [6.45, 7) is 0. The van der Waals surface area contributed by atoms with Gasteiger partial charge in [0.1, 0.15) is 10.6 Å². The molecule has 0 aliphatic rings. The molecule has 3 aromatic rings. The minimum Gasteiger partial charge on any atom is -0.316 e. The summed E-state index contributed by atoms with van der Waals surface area (Å²) in [6, 6.07) is 8.99. The standard InChI is InChI=1S/C14H8Cl2N2OS/c15-8-3-4-10-11(6-8)20-13(12(10)16)14(19)18-9-2-1-5-17-7-9/h1-7H,(H,18,19)/p+1. The molecule has 0 bridgehead atoms. The molecule has 2 heterocycles. The number of rotatable bonds is 2. The van der Waals surface area contributed by atoms with E-state index in [0.717, 1.165) is 10.1 Å². The molecule has 3 rings (SSSR count). The van der Waals surface area contributed by atoms with Crippen molar-refractivity contribution in [1.29, 1.82) is 0 Å². The Balaban J connectivity index is 1.97. The van der Waals surface area contributed by atoms with Crippen molar-refractivity contribution >= 4 is 56.2 Å². The highest BCUT2D eigenvalue weighted by molar-refractivity contribution is 7.21. The normalized spacial score (nSPS) is 10.7. The molecule has 0 spiro atoms. The van der Waals surface area contributed by atoms with Crippen LogP contribution in [0.2, 0.25) is 10.0 Å². The van der Waals surface area contributed by atoms with Crippen molar-refractivity contribution in [2.45, 2.75) is 0 Å². The lowest BCUT2D eigenvalue weighted by atomic mass is 10.2. The number of aromatic nitrogens is 1. The van der Waals surface area contributed by atoms with Gasteiger partial charge in [0, 0.05) is 21.2 Å². The van der Waals surface area contributed by atoms with Gasteiger partial charge in [-0.15, -0.1) is 11.3 Å². The van der Waals surface area contributed by atoms with Crippen molar-refractivity contribution < 1.29 is 9.78 Å². The lowest BCUT2D eigenvalue weighted by molar-refractivity contribution is -0.377. The van der Waals surface area contributed by atoms with E-state index in [1.807, 2.05) is 12.1 Å². The fourth-order valence-corrected chi connectivity index (χ4v) is 3.53. The van der Waals surface area contributed by atoms with Crippen LogP contribution < -0.4 is 10.3 Å². The van der Waals surface area contributed by atoms with Gasteiger partial charge in [0.05, 0.1) is 5.02 Å². The van der Waals surface area contributed by atoms with E-state index in [1.54, 1.807) is 30.6 Å². The van der Waals surface area contributed by atoms with Crippen LogP contribution in [0.3, 0.4) is 0 Å². The monoisotopic (exact) mass is 323 g/mol. The Morgan fingerprint density at radius 1 is 1.25 bits per heavy atom. The van der Waals surface area contributed by atoms with Crippen LogP contribution in [0.15, 0.2) is 42.7 Å². The first kappa shape index (κ1) is 13.4. The zero-order valence-electron chi connectivity index (χ0n) is 10.1. The van der Waals surface area contributed by atoms with E-state index >= 15 is 0 Å². The lowest BCUT2D eigenvalue weighted by Gasteiger charge is -2.00. The first-order valence-electron chi connectivity index (χ1n) is 5.80. The summed E-state index contributed by atoms with van der Waals surface area (Å²) in [6.07, 6.45) is 3.47. The van der Waals surface area contributed by atoms with Crippen LogP contribution >= 0.6 is 34.5 Å². The van der Waals surface area contributed by atoms with Crippen molar-refractivity contribution in [3.05, 3.63) is 57.6 Å². The number of benzene rings is 1. The molecule has 2 aromatic heterocycles. The molecule has 1 aromatic carbocycles. The zero-order chi connectivity index (χ0) is 14.1. The predicted molar refractivity (Wildman–Crippen MR) is 82.8 cm³/mol. The average Bonchev–Trinajstić information content (AvgIpc) is 2.76. The molecule has 3 nitrogen and oxygen atoms in total. The van der Waals surface area contributed by atoms with Crippen LogP contribution in [0.4, 0.5) is 5.69 Å². The van der Waals surface area contributed by atoms with Crippen molar-refractivity contribution in [2.75, 3.05) is 5.32 Å². The first-order chi connectivity index (χ1) is 9.65. The third kappa shape index (κ3) is 2.50. The Hall–Kier alpha value is -1.62. The van der Waals surface area contributed by atoms with Gasteiger partial charge in [-0.2, -0.15) is 0 Å². The highest BCUT2D eigenvalue weighted by Gasteiger charge is 2.17. The van der Waals surface area contributed by atoms with Gasteiger partial charge in [-0.3, -0.25) is 4.79 Å². The maximum Gasteiger partial charge on any atom is 0.267 e. The summed E-state index contributed by atoms with van der Waals surface area (Å²) in [5.74, 6) is -0.230. The molecule has 6 heteroatoms. The largest absolute Gasteiger partial charge is 0.316 e. The molecule has 0 unspecified atom stereocenters. The van der Waals surface area contributed by atoms with Crippen LogP contribution in [-0.2, 0) is 0 Å². The van der Waals surface area contributed by atoms with Gasteiger partial charge in [0.25, 0.3) is 5.91 Å². The Labute approximate surface area is 129 Å². The minimum absolute atomic E-state index is 0.230. The van der Waals surface area contributed by atoms with Crippen LogP contribution in [0.25, 0.3) is 10.1 Å². The van der Waals surface area contributed by atoms with Gasteiger partial charge < -0.3 is 5.32 Å². The number of pyridine rings is 1. The summed E-state index contributed by atoms with van der Waals surface area (Å²) in [5, 5.41) is 4.72. The average molecular weight is 324 g/mol. The second-order valence-electron chi connectivity index (χ2n) is 4.13. The van der Waals surface area contributed by atoms with Crippen LogP contribution in [-0.4, -0.2) is 5.91 Å². The van der Waals surface area contributed by atoms with E-state index < -0.39 is 0 Å². The molecule has 20 heavy (non-hydrogen) atoms. The van der Waals surface area contributed by atoms with E-state index in [9.17, 15) is 4.79 Å². The molecular weight excluding hydrogens is 315 g/mol. The van der Waals surface area contributed by atoms with E-state index in [2.05, 4.69) is 10.3 Å². The number of thiophene rings is 1. The smallest absolute Gasteiger partial charge is 0.267 e. The summed E-state index contributed by atoms with van der Waals surface area (Å²) >= 11 is 13.5. The van der Waals surface area contributed by atoms with Gasteiger partial charge >= 0.3 is 0 Å². The third-order valence-electron chi connectivity index (χ3n) is 2.76. The fourth-order valence-electron chi connectivity index (χ4n) is 1.84. The summed E-state index contributed by atoms with van der Waals surface area (Å²) in [7, 11) is 0. The second kappa shape index (κ2) is 5.40. The Bertz CT molecular complexity index is 786. The van der Waals surface area contributed by atoms with Crippen molar-refractivity contribution in [2.24, 2.45) is 0 Å². The number of amides is 1. The topological polar surface area (TPSA) is 43.2 Å². The van der Waals surface area contributed by atoms with Crippen molar-refractivity contribution in [1.82, 2.24) is 0 Å². The number of carbonyl (C=O) groups excluding carboxylic acids is 1. The number of fused-ring (bicyclic) bond motifs is 1. The molecule has 2 N–H and O–H groups in total. The number of H-pyrrole nitrogens is 1. The van der Waals surface area contributed by atoms with E-state index in [4.69, 9.17) is 23.2 Å². The molecule has 0 aliphatic carbocycles. The molecule has 1 amide bonds. The molecule has 0 fully saturated rings. The second-order valence-corrected chi connectivity index (χ2v) is 6.00. The molecule has 0 radical (unpaired) electrons. The Kier molecular flexibility index (Phi) is 3.61. The number of hydrogen-bond acceptors (Lipinski definition) is 2. The van der Waals surface area contributed by atoms with Crippen LogP contribution in [0.5, 0.6) is 0 Å². The SMILES string of the molecule is O=C(Nc1ccc[nH+]c1)c1sc2cc(Cl)ccc2c1Cl. The quantitative estimate of drug-likeness (QED) is 0.751. The van der Waals surface area contributed by atoms with Gasteiger partial charge in [-0.05, 0) is 18.2 Å². The highest BCUT2D eigenvalue weighted by atomic mass is 35.5. The van der Waals surface area contributed by atoms with E-state index in [0.29, 0.717) is 20.6 Å². The maximum absolute atomic E-state index is 12.3. The van der Waals surface area contributed by atoms with Crippen LogP contribution in [0.1, 0.15) is 9.67 Å². The Morgan fingerprint density at radius 3 is 2.85 bits per heavy atom. The zero-order valence-corrected chi connectivity index (χ0v) is 12.4.